The molecular weight excluding hydrogens is 335 g/mol. The van der Waals surface area contributed by atoms with Crippen LogP contribution in [0.15, 0.2) is 18.3 Å². The molecule has 1 aliphatic heterocycles. The lowest BCUT2D eigenvalue weighted by Gasteiger charge is -2.18. The Balaban J connectivity index is 1.84. The average Bonchev–Trinajstić information content (AvgIpc) is 2.99. The van der Waals surface area contributed by atoms with Crippen molar-refractivity contribution < 1.29 is 14.0 Å². The zero-order valence-corrected chi connectivity index (χ0v) is 15.2. The molecule has 1 aromatic heterocycles. The zero-order valence-electron chi connectivity index (χ0n) is 15.2. The molecule has 138 valence electrons. The fraction of sp³-hybridized carbons (Fsp3) is 0.421. The van der Waals surface area contributed by atoms with E-state index in [1.54, 1.807) is 6.07 Å². The SMILES string of the molecule is CCC(CC)n1ncc(C(=O)Nc2cc3c(cc2F)NC(=O)CC3)c1C. The minimum absolute atomic E-state index is 0.111. The van der Waals surface area contributed by atoms with Gasteiger partial charge < -0.3 is 10.6 Å². The summed E-state index contributed by atoms with van der Waals surface area (Å²) in [4.78, 5) is 24.0. The largest absolute Gasteiger partial charge is 0.326 e. The van der Waals surface area contributed by atoms with Crippen LogP contribution in [0.2, 0.25) is 0 Å². The number of fused-ring (bicyclic) bond motifs is 1. The molecule has 0 unspecified atom stereocenters. The molecule has 2 heterocycles. The first kappa shape index (κ1) is 18.1. The minimum atomic E-state index is -0.579. The topological polar surface area (TPSA) is 76.0 Å². The Morgan fingerprint density at radius 1 is 1.35 bits per heavy atom. The molecule has 2 aromatic rings. The third kappa shape index (κ3) is 3.34. The second-order valence-corrected chi connectivity index (χ2v) is 6.55. The highest BCUT2D eigenvalue weighted by Gasteiger charge is 2.21. The van der Waals surface area contributed by atoms with Crippen molar-refractivity contribution in [3.63, 3.8) is 0 Å². The summed E-state index contributed by atoms with van der Waals surface area (Å²) in [5.74, 6) is -1.10. The molecule has 6 nitrogen and oxygen atoms in total. The third-order valence-electron chi connectivity index (χ3n) is 4.91. The minimum Gasteiger partial charge on any atom is -0.326 e. The van der Waals surface area contributed by atoms with Gasteiger partial charge in [0, 0.05) is 17.8 Å². The fourth-order valence-electron chi connectivity index (χ4n) is 3.34. The van der Waals surface area contributed by atoms with Crippen molar-refractivity contribution in [1.29, 1.82) is 0 Å². The van der Waals surface area contributed by atoms with E-state index in [1.807, 2.05) is 11.6 Å². The fourth-order valence-corrected chi connectivity index (χ4v) is 3.34. The average molecular weight is 358 g/mol. The van der Waals surface area contributed by atoms with Gasteiger partial charge in [-0.2, -0.15) is 5.10 Å². The van der Waals surface area contributed by atoms with Crippen LogP contribution in [0.4, 0.5) is 15.8 Å². The van der Waals surface area contributed by atoms with Gasteiger partial charge in [-0.3, -0.25) is 14.3 Å². The predicted molar refractivity (Wildman–Crippen MR) is 97.9 cm³/mol. The van der Waals surface area contributed by atoms with Gasteiger partial charge in [-0.25, -0.2) is 4.39 Å². The number of carbonyl (C=O) groups excluding carboxylic acids is 2. The number of nitrogens with zero attached hydrogens (tertiary/aromatic N) is 2. The van der Waals surface area contributed by atoms with E-state index in [2.05, 4.69) is 29.6 Å². The Hall–Kier alpha value is -2.70. The Morgan fingerprint density at radius 3 is 2.77 bits per heavy atom. The molecule has 0 atom stereocenters. The van der Waals surface area contributed by atoms with Crippen LogP contribution in [0, 0.1) is 12.7 Å². The summed E-state index contributed by atoms with van der Waals surface area (Å²) in [6.45, 7) is 6.01. The number of benzene rings is 1. The van der Waals surface area contributed by atoms with E-state index in [1.165, 1.54) is 12.3 Å². The number of anilines is 2. The van der Waals surface area contributed by atoms with Gasteiger partial charge in [0.05, 0.1) is 23.5 Å². The molecule has 0 fully saturated rings. The second kappa shape index (κ2) is 7.27. The van der Waals surface area contributed by atoms with Crippen LogP contribution in [0.1, 0.15) is 60.8 Å². The standard InChI is InChI=1S/C19H23FN4O2/c1-4-13(5-2)24-11(3)14(10-21-24)19(26)23-17-8-12-6-7-18(25)22-16(12)9-15(17)20/h8-10,13H,4-7H2,1-3H3,(H,22,25)(H,23,26). The molecule has 2 N–H and O–H groups in total. The molecule has 0 spiro atoms. The smallest absolute Gasteiger partial charge is 0.259 e. The van der Waals surface area contributed by atoms with Crippen LogP contribution in [-0.2, 0) is 11.2 Å². The maximum atomic E-state index is 14.3. The molecule has 1 aromatic carbocycles. The molecule has 0 radical (unpaired) electrons. The molecular formula is C19H23FN4O2. The monoisotopic (exact) mass is 358 g/mol. The molecule has 2 amide bonds. The highest BCUT2D eigenvalue weighted by molar-refractivity contribution is 6.05. The van der Waals surface area contributed by atoms with E-state index < -0.39 is 11.7 Å². The van der Waals surface area contributed by atoms with Crippen LogP contribution < -0.4 is 10.6 Å². The van der Waals surface area contributed by atoms with Gasteiger partial charge in [-0.05, 0) is 43.9 Å². The molecule has 3 rings (SSSR count). The summed E-state index contributed by atoms with van der Waals surface area (Å²) < 4.78 is 16.2. The Morgan fingerprint density at radius 2 is 2.08 bits per heavy atom. The Labute approximate surface area is 151 Å². The number of halogens is 1. The van der Waals surface area contributed by atoms with E-state index in [0.717, 1.165) is 24.1 Å². The van der Waals surface area contributed by atoms with E-state index in [4.69, 9.17) is 0 Å². The van der Waals surface area contributed by atoms with E-state index in [9.17, 15) is 14.0 Å². The highest BCUT2D eigenvalue weighted by atomic mass is 19.1. The lowest BCUT2D eigenvalue weighted by Crippen LogP contribution is -2.20. The number of carbonyl (C=O) groups is 2. The summed E-state index contributed by atoms with van der Waals surface area (Å²) in [6.07, 6.45) is 4.25. The number of rotatable bonds is 5. The quantitative estimate of drug-likeness (QED) is 0.853. The Bertz CT molecular complexity index is 855. The first-order chi connectivity index (χ1) is 12.4. The first-order valence-electron chi connectivity index (χ1n) is 8.92. The van der Waals surface area contributed by atoms with Crippen molar-refractivity contribution in [1.82, 2.24) is 9.78 Å². The summed E-state index contributed by atoms with van der Waals surface area (Å²) in [5, 5.41) is 9.62. The Kier molecular flexibility index (Phi) is 5.06. The van der Waals surface area contributed by atoms with Gasteiger partial charge in [0.15, 0.2) is 0 Å². The number of aromatic nitrogens is 2. The van der Waals surface area contributed by atoms with Crippen molar-refractivity contribution in [2.24, 2.45) is 0 Å². The second-order valence-electron chi connectivity index (χ2n) is 6.55. The highest BCUT2D eigenvalue weighted by Crippen LogP contribution is 2.29. The van der Waals surface area contributed by atoms with Gasteiger partial charge >= 0.3 is 0 Å². The third-order valence-corrected chi connectivity index (χ3v) is 4.91. The van der Waals surface area contributed by atoms with Crippen LogP contribution in [0.5, 0.6) is 0 Å². The maximum absolute atomic E-state index is 14.3. The van der Waals surface area contributed by atoms with Gasteiger partial charge in [0.2, 0.25) is 5.91 Å². The van der Waals surface area contributed by atoms with Crippen molar-refractivity contribution in [2.75, 3.05) is 10.6 Å². The number of hydrogen-bond donors (Lipinski definition) is 2. The van der Waals surface area contributed by atoms with Crippen molar-refractivity contribution >= 4 is 23.2 Å². The van der Waals surface area contributed by atoms with Crippen LogP contribution in [0.25, 0.3) is 0 Å². The normalized spacial score (nSPS) is 13.5. The van der Waals surface area contributed by atoms with Crippen LogP contribution in [-0.4, -0.2) is 21.6 Å². The van der Waals surface area contributed by atoms with Crippen molar-refractivity contribution in [3.8, 4) is 0 Å². The number of aryl methyl sites for hydroxylation is 1. The lowest BCUT2D eigenvalue weighted by molar-refractivity contribution is -0.116. The van der Waals surface area contributed by atoms with Gasteiger partial charge in [-0.15, -0.1) is 0 Å². The van der Waals surface area contributed by atoms with E-state index >= 15 is 0 Å². The summed E-state index contributed by atoms with van der Waals surface area (Å²) in [5.41, 5.74) is 2.59. The van der Waals surface area contributed by atoms with E-state index in [0.29, 0.717) is 24.1 Å². The summed E-state index contributed by atoms with van der Waals surface area (Å²) in [6, 6.07) is 3.08. The molecule has 7 heteroatoms. The summed E-state index contributed by atoms with van der Waals surface area (Å²) in [7, 11) is 0. The zero-order chi connectivity index (χ0) is 18.8. The lowest BCUT2D eigenvalue weighted by atomic mass is 10.0. The predicted octanol–water partition coefficient (Wildman–Crippen LogP) is 3.83. The van der Waals surface area contributed by atoms with Crippen molar-refractivity contribution in [2.45, 2.75) is 52.5 Å². The number of hydrogen-bond acceptors (Lipinski definition) is 3. The van der Waals surface area contributed by atoms with Gasteiger partial charge in [0.25, 0.3) is 5.91 Å². The van der Waals surface area contributed by atoms with Crippen LogP contribution in [0.3, 0.4) is 0 Å². The van der Waals surface area contributed by atoms with E-state index in [-0.39, 0.29) is 17.6 Å². The summed E-state index contributed by atoms with van der Waals surface area (Å²) >= 11 is 0. The molecule has 0 saturated heterocycles. The molecule has 26 heavy (non-hydrogen) atoms. The molecule has 0 aliphatic carbocycles. The van der Waals surface area contributed by atoms with Gasteiger partial charge in [0.1, 0.15) is 5.82 Å². The number of amides is 2. The van der Waals surface area contributed by atoms with Crippen molar-refractivity contribution in [3.05, 3.63) is 41.0 Å². The number of nitrogens with one attached hydrogen (secondary N) is 2. The molecule has 0 saturated carbocycles. The molecule has 0 bridgehead atoms. The maximum Gasteiger partial charge on any atom is 0.259 e. The van der Waals surface area contributed by atoms with Crippen LogP contribution >= 0.6 is 0 Å². The van der Waals surface area contributed by atoms with Gasteiger partial charge in [-0.1, -0.05) is 13.8 Å². The first-order valence-corrected chi connectivity index (χ1v) is 8.92. The molecule has 1 aliphatic rings.